The van der Waals surface area contributed by atoms with Crippen molar-refractivity contribution in [3.63, 3.8) is 0 Å². The molecule has 0 saturated carbocycles. The van der Waals surface area contributed by atoms with E-state index in [9.17, 15) is 0 Å². The molecule has 1 aliphatic rings. The number of ether oxygens (including phenoxy) is 1. The van der Waals surface area contributed by atoms with E-state index >= 15 is 0 Å². The fourth-order valence-electron chi connectivity index (χ4n) is 2.04. The van der Waals surface area contributed by atoms with E-state index in [2.05, 4.69) is 19.2 Å². The average molecular weight is 234 g/mol. The molecule has 1 heterocycles. The second-order valence-electron chi connectivity index (χ2n) is 4.61. The maximum Gasteiger partial charge on any atom is 0.0700 e. The van der Waals surface area contributed by atoms with Crippen molar-refractivity contribution in [2.45, 2.75) is 45.6 Å². The molecule has 1 rings (SSSR count). The van der Waals surface area contributed by atoms with Gasteiger partial charge in [0.1, 0.15) is 0 Å². The van der Waals surface area contributed by atoms with Crippen LogP contribution in [0.25, 0.3) is 0 Å². The predicted molar refractivity (Wildman–Crippen MR) is 65.6 cm³/mol. The van der Waals surface area contributed by atoms with Gasteiger partial charge in [-0.15, -0.1) is 11.6 Å². The molecule has 90 valence electrons. The summed E-state index contributed by atoms with van der Waals surface area (Å²) in [5.41, 5.74) is 0.278. The molecule has 0 aromatic heterocycles. The van der Waals surface area contributed by atoms with E-state index in [1.54, 1.807) is 0 Å². The Bertz CT molecular complexity index is 157. The highest BCUT2D eigenvalue weighted by Crippen LogP contribution is 2.27. The first kappa shape index (κ1) is 13.3. The van der Waals surface area contributed by atoms with Crippen LogP contribution >= 0.6 is 11.6 Å². The summed E-state index contributed by atoms with van der Waals surface area (Å²) in [6.45, 7) is 7.38. The lowest BCUT2D eigenvalue weighted by Gasteiger charge is -2.30. The van der Waals surface area contributed by atoms with E-state index in [1.165, 1.54) is 12.8 Å². The first-order valence-corrected chi connectivity index (χ1v) is 6.68. The molecule has 1 aliphatic heterocycles. The van der Waals surface area contributed by atoms with Gasteiger partial charge < -0.3 is 10.1 Å². The smallest absolute Gasteiger partial charge is 0.0700 e. The molecule has 0 aromatic rings. The van der Waals surface area contributed by atoms with Gasteiger partial charge in [0.2, 0.25) is 0 Å². The second-order valence-corrected chi connectivity index (χ2v) is 4.87. The first-order chi connectivity index (χ1) is 7.26. The van der Waals surface area contributed by atoms with Crippen LogP contribution in [-0.4, -0.2) is 31.7 Å². The number of nitrogens with one attached hydrogen (secondary N) is 1. The molecule has 0 amide bonds. The molecule has 1 atom stereocenters. The van der Waals surface area contributed by atoms with Gasteiger partial charge in [0.05, 0.1) is 6.10 Å². The number of rotatable bonds is 7. The second kappa shape index (κ2) is 6.72. The van der Waals surface area contributed by atoms with E-state index in [4.69, 9.17) is 16.3 Å². The lowest BCUT2D eigenvalue weighted by molar-refractivity contribution is 0.106. The highest BCUT2D eigenvalue weighted by Gasteiger charge is 2.25. The minimum Gasteiger partial charge on any atom is -0.377 e. The SMILES string of the molecule is CCC(CC)(CCl)CNCC1CCCO1. The predicted octanol–water partition coefficient (Wildman–Crippen LogP) is 2.80. The van der Waals surface area contributed by atoms with Gasteiger partial charge in [-0.3, -0.25) is 0 Å². The molecular weight excluding hydrogens is 210 g/mol. The summed E-state index contributed by atoms with van der Waals surface area (Å²) in [5, 5.41) is 3.51. The minimum absolute atomic E-state index is 0.278. The number of hydrogen-bond acceptors (Lipinski definition) is 2. The lowest BCUT2D eigenvalue weighted by Crippen LogP contribution is -2.38. The van der Waals surface area contributed by atoms with E-state index in [-0.39, 0.29) is 5.41 Å². The van der Waals surface area contributed by atoms with Crippen LogP contribution in [0.3, 0.4) is 0 Å². The van der Waals surface area contributed by atoms with Crippen molar-refractivity contribution < 1.29 is 4.74 Å². The van der Waals surface area contributed by atoms with Crippen LogP contribution in [0.4, 0.5) is 0 Å². The van der Waals surface area contributed by atoms with Crippen LogP contribution in [0.1, 0.15) is 39.5 Å². The topological polar surface area (TPSA) is 21.3 Å². The standard InChI is InChI=1S/C12H24ClNO/c1-3-12(4-2,9-13)10-14-8-11-6-5-7-15-11/h11,14H,3-10H2,1-2H3. The van der Waals surface area contributed by atoms with Crippen LogP contribution in [0.5, 0.6) is 0 Å². The normalized spacial score (nSPS) is 22.2. The number of halogens is 1. The molecule has 15 heavy (non-hydrogen) atoms. The van der Waals surface area contributed by atoms with E-state index < -0.39 is 0 Å². The monoisotopic (exact) mass is 233 g/mol. The molecule has 0 radical (unpaired) electrons. The van der Waals surface area contributed by atoms with Crippen LogP contribution in [-0.2, 0) is 4.74 Å². The van der Waals surface area contributed by atoms with E-state index in [0.717, 1.165) is 38.4 Å². The molecule has 0 spiro atoms. The Hall–Kier alpha value is 0.210. The Labute approximate surface area is 98.7 Å². The molecule has 1 N–H and O–H groups in total. The third-order valence-corrected chi connectivity index (χ3v) is 4.25. The molecule has 1 fully saturated rings. The molecule has 1 saturated heterocycles. The Morgan fingerprint density at radius 3 is 2.60 bits per heavy atom. The average Bonchev–Trinajstić information content (AvgIpc) is 2.78. The zero-order chi connectivity index (χ0) is 11.1. The zero-order valence-electron chi connectivity index (χ0n) is 10.0. The Balaban J connectivity index is 2.21. The van der Waals surface area contributed by atoms with Crippen LogP contribution in [0.15, 0.2) is 0 Å². The zero-order valence-corrected chi connectivity index (χ0v) is 10.8. The molecule has 1 unspecified atom stereocenters. The summed E-state index contributed by atoms with van der Waals surface area (Å²) in [5.74, 6) is 0.749. The summed E-state index contributed by atoms with van der Waals surface area (Å²) in [6.07, 6.45) is 5.15. The molecule has 0 bridgehead atoms. The Morgan fingerprint density at radius 1 is 1.40 bits per heavy atom. The van der Waals surface area contributed by atoms with Crippen molar-refractivity contribution in [3.8, 4) is 0 Å². The number of alkyl halides is 1. The maximum absolute atomic E-state index is 6.05. The van der Waals surface area contributed by atoms with Gasteiger partial charge in [-0.2, -0.15) is 0 Å². The van der Waals surface area contributed by atoms with Gasteiger partial charge in [0.15, 0.2) is 0 Å². The fourth-order valence-corrected chi connectivity index (χ4v) is 2.51. The third kappa shape index (κ3) is 3.93. The van der Waals surface area contributed by atoms with E-state index in [1.807, 2.05) is 0 Å². The summed E-state index contributed by atoms with van der Waals surface area (Å²) < 4.78 is 5.57. The van der Waals surface area contributed by atoms with Gasteiger partial charge in [0, 0.05) is 25.6 Å². The van der Waals surface area contributed by atoms with Crippen molar-refractivity contribution in [2.24, 2.45) is 5.41 Å². The highest BCUT2D eigenvalue weighted by molar-refractivity contribution is 6.18. The minimum atomic E-state index is 0.278. The highest BCUT2D eigenvalue weighted by atomic mass is 35.5. The molecular formula is C12H24ClNO. The van der Waals surface area contributed by atoms with Gasteiger partial charge in [0.25, 0.3) is 0 Å². The summed E-state index contributed by atoms with van der Waals surface area (Å²) in [7, 11) is 0. The molecule has 3 heteroatoms. The first-order valence-electron chi connectivity index (χ1n) is 6.14. The van der Waals surface area contributed by atoms with Crippen LogP contribution in [0.2, 0.25) is 0 Å². The molecule has 0 aromatic carbocycles. The Kier molecular flexibility index (Phi) is 5.95. The van der Waals surface area contributed by atoms with Crippen molar-refractivity contribution in [1.29, 1.82) is 0 Å². The third-order valence-electron chi connectivity index (χ3n) is 3.68. The van der Waals surface area contributed by atoms with Gasteiger partial charge in [-0.1, -0.05) is 13.8 Å². The molecule has 0 aliphatic carbocycles. The summed E-state index contributed by atoms with van der Waals surface area (Å²) >= 11 is 6.05. The van der Waals surface area contributed by atoms with Gasteiger partial charge >= 0.3 is 0 Å². The maximum atomic E-state index is 6.05. The quantitative estimate of drug-likeness (QED) is 0.683. The van der Waals surface area contributed by atoms with Crippen molar-refractivity contribution in [1.82, 2.24) is 5.32 Å². The summed E-state index contributed by atoms with van der Waals surface area (Å²) in [4.78, 5) is 0. The summed E-state index contributed by atoms with van der Waals surface area (Å²) in [6, 6.07) is 0. The number of hydrogen-bond donors (Lipinski definition) is 1. The van der Waals surface area contributed by atoms with Crippen molar-refractivity contribution in [2.75, 3.05) is 25.6 Å². The van der Waals surface area contributed by atoms with Crippen LogP contribution < -0.4 is 5.32 Å². The van der Waals surface area contributed by atoms with E-state index in [0.29, 0.717) is 6.10 Å². The van der Waals surface area contributed by atoms with Crippen molar-refractivity contribution in [3.05, 3.63) is 0 Å². The van der Waals surface area contributed by atoms with Crippen molar-refractivity contribution >= 4 is 11.6 Å². The molecule has 2 nitrogen and oxygen atoms in total. The lowest BCUT2D eigenvalue weighted by atomic mass is 9.84. The van der Waals surface area contributed by atoms with Gasteiger partial charge in [-0.05, 0) is 31.1 Å². The Morgan fingerprint density at radius 2 is 2.13 bits per heavy atom. The largest absolute Gasteiger partial charge is 0.377 e. The van der Waals surface area contributed by atoms with Crippen LogP contribution in [0, 0.1) is 5.41 Å². The fraction of sp³-hybridized carbons (Fsp3) is 1.00. The van der Waals surface area contributed by atoms with Gasteiger partial charge in [-0.25, -0.2) is 0 Å².